The fourth-order valence-corrected chi connectivity index (χ4v) is 2.85. The van der Waals surface area contributed by atoms with E-state index in [-0.39, 0.29) is 25.4 Å². The van der Waals surface area contributed by atoms with Crippen LogP contribution in [-0.2, 0) is 0 Å². The second kappa shape index (κ2) is 6.33. The molecule has 7 heteroatoms. The van der Waals surface area contributed by atoms with Crippen molar-refractivity contribution < 1.29 is 10.2 Å². The fraction of sp³-hybridized carbons (Fsp3) is 0.467. The molecule has 0 radical (unpaired) electrons. The zero-order valence-corrected chi connectivity index (χ0v) is 12.6. The molecular formula is C15H21N5O2. The Labute approximate surface area is 129 Å². The average molecular weight is 303 g/mol. The van der Waals surface area contributed by atoms with E-state index in [0.717, 1.165) is 16.8 Å². The molecule has 1 atom stereocenters. The average Bonchev–Trinajstić information content (AvgIpc) is 3.17. The Hall–Kier alpha value is -2.12. The molecule has 118 valence electrons. The summed E-state index contributed by atoms with van der Waals surface area (Å²) in [5.74, 6) is 0. The first-order chi connectivity index (χ1) is 10.7. The summed E-state index contributed by atoms with van der Waals surface area (Å²) >= 11 is 0. The number of likely N-dealkylation sites (N-methyl/N-ethyl adjacent to an activating group) is 1. The zero-order valence-electron chi connectivity index (χ0n) is 12.6. The highest BCUT2D eigenvalue weighted by molar-refractivity contribution is 5.80. The first-order valence-corrected chi connectivity index (χ1v) is 7.43. The van der Waals surface area contributed by atoms with E-state index in [1.807, 2.05) is 35.1 Å². The van der Waals surface area contributed by atoms with E-state index in [2.05, 4.69) is 15.4 Å². The monoisotopic (exact) mass is 303 g/mol. The lowest BCUT2D eigenvalue weighted by Crippen LogP contribution is -2.40. The topological polar surface area (TPSA) is 85.9 Å². The molecule has 3 N–H and O–H groups in total. The summed E-state index contributed by atoms with van der Waals surface area (Å²) < 4.78 is 1.81. The molecule has 2 aliphatic heterocycles. The van der Waals surface area contributed by atoms with Gasteiger partial charge in [-0.2, -0.15) is 5.10 Å². The van der Waals surface area contributed by atoms with Gasteiger partial charge in [0.15, 0.2) is 0 Å². The number of rotatable bonds is 6. The van der Waals surface area contributed by atoms with Crippen molar-refractivity contribution in [1.82, 2.24) is 20.0 Å². The van der Waals surface area contributed by atoms with Gasteiger partial charge in [-0.15, -0.1) is 0 Å². The van der Waals surface area contributed by atoms with Crippen molar-refractivity contribution in [2.24, 2.45) is 4.99 Å². The van der Waals surface area contributed by atoms with Crippen LogP contribution in [0.5, 0.6) is 0 Å². The van der Waals surface area contributed by atoms with Crippen LogP contribution in [0.4, 0.5) is 0 Å². The summed E-state index contributed by atoms with van der Waals surface area (Å²) in [5.41, 5.74) is 2.96. The molecular weight excluding hydrogens is 282 g/mol. The van der Waals surface area contributed by atoms with Crippen molar-refractivity contribution in [3.63, 3.8) is 0 Å². The van der Waals surface area contributed by atoms with Gasteiger partial charge in [0.2, 0.25) is 0 Å². The van der Waals surface area contributed by atoms with Gasteiger partial charge in [0.1, 0.15) is 6.17 Å². The first-order valence-electron chi connectivity index (χ1n) is 7.43. The predicted molar refractivity (Wildman–Crippen MR) is 83.9 cm³/mol. The fourth-order valence-electron chi connectivity index (χ4n) is 2.85. The van der Waals surface area contributed by atoms with Crippen molar-refractivity contribution in [2.45, 2.75) is 25.0 Å². The zero-order chi connectivity index (χ0) is 15.5. The molecule has 0 bridgehead atoms. The van der Waals surface area contributed by atoms with Crippen molar-refractivity contribution in [2.75, 3.05) is 20.3 Å². The Morgan fingerprint density at radius 2 is 2.09 bits per heavy atom. The molecule has 0 saturated carbocycles. The quantitative estimate of drug-likeness (QED) is 0.704. The molecule has 1 aromatic heterocycles. The molecule has 1 aromatic rings. The number of hydrogen-bond acceptors (Lipinski definition) is 6. The second-order valence-corrected chi connectivity index (χ2v) is 5.50. The lowest BCUT2D eigenvalue weighted by molar-refractivity contribution is 0.210. The van der Waals surface area contributed by atoms with E-state index in [9.17, 15) is 0 Å². The Bertz CT molecular complexity index is 613. The highest BCUT2D eigenvalue weighted by Crippen LogP contribution is 2.30. The highest BCUT2D eigenvalue weighted by Gasteiger charge is 2.27. The molecule has 3 rings (SSSR count). The molecule has 0 amide bonds. The molecule has 7 nitrogen and oxygen atoms in total. The molecule has 22 heavy (non-hydrogen) atoms. The Morgan fingerprint density at radius 1 is 1.32 bits per heavy atom. The largest absolute Gasteiger partial charge is 0.396 e. The number of aromatic nitrogens is 2. The van der Waals surface area contributed by atoms with Gasteiger partial charge in [-0.25, -0.2) is 4.99 Å². The maximum atomic E-state index is 9.15. The van der Waals surface area contributed by atoms with E-state index in [4.69, 9.17) is 10.2 Å². The van der Waals surface area contributed by atoms with Crippen LogP contribution in [0.3, 0.4) is 0 Å². The van der Waals surface area contributed by atoms with Gasteiger partial charge in [-0.1, -0.05) is 0 Å². The van der Waals surface area contributed by atoms with E-state index in [1.165, 1.54) is 0 Å². The molecule has 0 aromatic carbocycles. The molecule has 0 saturated heterocycles. The number of aliphatic hydroxyl groups excluding tert-OH is 2. The maximum absolute atomic E-state index is 9.15. The number of nitrogens with zero attached hydrogens (tertiary/aromatic N) is 4. The molecule has 0 spiro atoms. The first kappa shape index (κ1) is 14.8. The van der Waals surface area contributed by atoms with Crippen molar-refractivity contribution in [1.29, 1.82) is 0 Å². The van der Waals surface area contributed by atoms with Gasteiger partial charge in [0, 0.05) is 37.6 Å². The number of aliphatic imine (C=N–C) groups is 1. The summed E-state index contributed by atoms with van der Waals surface area (Å²) in [7, 11) is 1.98. The smallest absolute Gasteiger partial charge is 0.128 e. The Kier molecular flexibility index (Phi) is 4.26. The molecule has 1 unspecified atom stereocenters. The summed E-state index contributed by atoms with van der Waals surface area (Å²) in [6.07, 6.45) is 10.7. The Balaban J connectivity index is 1.89. The van der Waals surface area contributed by atoms with Crippen molar-refractivity contribution >= 4 is 12.0 Å². The van der Waals surface area contributed by atoms with E-state index in [1.54, 1.807) is 12.5 Å². The SMILES string of the molecule is CN1C=NC(c2cnn(C(CCO)CCO)c2)=C2C=CNC21. The maximum Gasteiger partial charge on any atom is 0.128 e. The summed E-state index contributed by atoms with van der Waals surface area (Å²) in [6, 6.07) is -0.00219. The number of fused-ring (bicyclic) bond motifs is 1. The highest BCUT2D eigenvalue weighted by atomic mass is 16.3. The summed E-state index contributed by atoms with van der Waals surface area (Å²) in [6.45, 7) is 0.150. The van der Waals surface area contributed by atoms with Crippen LogP contribution in [0.2, 0.25) is 0 Å². The third-order valence-corrected chi connectivity index (χ3v) is 4.03. The standard InChI is InChI=1S/C15H21N5O2/c1-19-10-17-14(13-2-5-16-15(13)19)11-8-18-20(9-11)12(3-6-21)4-7-22/h2,5,8-10,12,15-16,21-22H,3-4,6-7H2,1H3. The minimum absolute atomic E-state index is 0.00219. The van der Waals surface area contributed by atoms with Gasteiger partial charge >= 0.3 is 0 Å². The van der Waals surface area contributed by atoms with Crippen molar-refractivity contribution in [3.8, 4) is 0 Å². The van der Waals surface area contributed by atoms with E-state index < -0.39 is 0 Å². The minimum Gasteiger partial charge on any atom is -0.396 e. The van der Waals surface area contributed by atoms with Gasteiger partial charge < -0.3 is 20.4 Å². The number of nitrogens with one attached hydrogen (secondary N) is 1. The lowest BCUT2D eigenvalue weighted by Gasteiger charge is -2.28. The van der Waals surface area contributed by atoms with Gasteiger partial charge in [-0.05, 0) is 25.1 Å². The van der Waals surface area contributed by atoms with Crippen LogP contribution >= 0.6 is 0 Å². The number of aliphatic hydroxyl groups is 2. The predicted octanol–water partition coefficient (Wildman–Crippen LogP) is 0.317. The third kappa shape index (κ3) is 2.65. The van der Waals surface area contributed by atoms with Crippen LogP contribution in [0.25, 0.3) is 5.70 Å². The minimum atomic E-state index is -0.00219. The molecule has 0 aliphatic carbocycles. The van der Waals surface area contributed by atoms with E-state index >= 15 is 0 Å². The van der Waals surface area contributed by atoms with Gasteiger partial charge in [0.25, 0.3) is 0 Å². The molecule has 2 aliphatic rings. The van der Waals surface area contributed by atoms with Crippen LogP contribution < -0.4 is 5.32 Å². The van der Waals surface area contributed by atoms with Crippen LogP contribution in [0.15, 0.2) is 35.2 Å². The van der Waals surface area contributed by atoms with Gasteiger partial charge in [0.05, 0.1) is 24.3 Å². The Morgan fingerprint density at radius 3 is 2.82 bits per heavy atom. The molecule has 3 heterocycles. The van der Waals surface area contributed by atoms with Crippen LogP contribution in [0.1, 0.15) is 24.4 Å². The van der Waals surface area contributed by atoms with Crippen molar-refractivity contribution in [3.05, 3.63) is 35.8 Å². The third-order valence-electron chi connectivity index (χ3n) is 4.03. The summed E-state index contributed by atoms with van der Waals surface area (Å²) in [4.78, 5) is 6.54. The van der Waals surface area contributed by atoms with Gasteiger partial charge in [-0.3, -0.25) is 4.68 Å². The van der Waals surface area contributed by atoms with Crippen LogP contribution in [-0.4, -0.2) is 57.7 Å². The van der Waals surface area contributed by atoms with Crippen LogP contribution in [0, 0.1) is 0 Å². The normalized spacial score (nSPS) is 20.0. The number of hydrogen-bond donors (Lipinski definition) is 3. The lowest BCUT2D eigenvalue weighted by atomic mass is 10.1. The van der Waals surface area contributed by atoms with E-state index in [0.29, 0.717) is 12.8 Å². The summed E-state index contributed by atoms with van der Waals surface area (Å²) in [5, 5.41) is 26.0. The molecule has 0 fully saturated rings. The second-order valence-electron chi connectivity index (χ2n) is 5.50.